The van der Waals surface area contributed by atoms with Crippen LogP contribution in [0.1, 0.15) is 15.9 Å². The van der Waals surface area contributed by atoms with Crippen molar-refractivity contribution in [1.82, 2.24) is 15.3 Å². The van der Waals surface area contributed by atoms with Crippen LogP contribution in [0, 0.1) is 0 Å². The first kappa shape index (κ1) is 18.6. The summed E-state index contributed by atoms with van der Waals surface area (Å²) in [5, 5.41) is 2.87. The van der Waals surface area contributed by atoms with E-state index in [-0.39, 0.29) is 5.91 Å². The van der Waals surface area contributed by atoms with Crippen LogP contribution in [-0.2, 0) is 11.2 Å². The summed E-state index contributed by atoms with van der Waals surface area (Å²) in [4.78, 5) is 23.5. The molecular weight excluding hydrogens is 378 g/mol. The smallest absolute Gasteiger partial charge is 0.251 e. The van der Waals surface area contributed by atoms with Gasteiger partial charge in [-0.25, -0.2) is 9.97 Å². The van der Waals surface area contributed by atoms with E-state index in [2.05, 4.69) is 39.5 Å². The summed E-state index contributed by atoms with van der Waals surface area (Å²) in [6.07, 6.45) is 2.50. The number of ether oxygens (including phenoxy) is 1. The molecule has 3 N–H and O–H groups in total. The highest BCUT2D eigenvalue weighted by atomic mass is 16.5. The van der Waals surface area contributed by atoms with E-state index in [0.29, 0.717) is 23.6 Å². The molecule has 152 valence electrons. The van der Waals surface area contributed by atoms with Gasteiger partial charge in [-0.3, -0.25) is 4.79 Å². The second-order valence-corrected chi connectivity index (χ2v) is 7.51. The van der Waals surface area contributed by atoms with Crippen LogP contribution < -0.4 is 16.0 Å². The molecule has 5 rings (SSSR count). The largest absolute Gasteiger partial charge is 0.382 e. The zero-order valence-electron chi connectivity index (χ0n) is 16.6. The minimum Gasteiger partial charge on any atom is -0.382 e. The first-order valence-electron chi connectivity index (χ1n) is 10.2. The van der Waals surface area contributed by atoms with Gasteiger partial charge < -0.3 is 20.7 Å². The predicted octanol–water partition coefficient (Wildman–Crippen LogP) is 2.52. The van der Waals surface area contributed by atoms with Crippen LogP contribution in [0.25, 0.3) is 22.5 Å². The van der Waals surface area contributed by atoms with Crippen LogP contribution in [0.2, 0.25) is 0 Å². The molecule has 1 fully saturated rings. The monoisotopic (exact) mass is 401 g/mol. The normalized spacial score (nSPS) is 16.1. The Kier molecular flexibility index (Phi) is 4.80. The zero-order chi connectivity index (χ0) is 20.5. The molecule has 1 amide bonds. The van der Waals surface area contributed by atoms with Gasteiger partial charge in [0.25, 0.3) is 5.91 Å². The van der Waals surface area contributed by atoms with E-state index in [1.165, 1.54) is 5.69 Å². The van der Waals surface area contributed by atoms with E-state index in [1.54, 1.807) is 6.20 Å². The van der Waals surface area contributed by atoms with E-state index < -0.39 is 0 Å². The number of benzene rings is 2. The van der Waals surface area contributed by atoms with E-state index in [4.69, 9.17) is 15.5 Å². The second-order valence-electron chi connectivity index (χ2n) is 7.51. The Hall–Kier alpha value is -3.45. The molecule has 30 heavy (non-hydrogen) atoms. The molecule has 2 aliphatic rings. The Labute approximate surface area is 174 Å². The summed E-state index contributed by atoms with van der Waals surface area (Å²) in [7, 11) is 0. The van der Waals surface area contributed by atoms with Crippen LogP contribution in [-0.4, -0.2) is 48.7 Å². The number of rotatable bonds is 3. The van der Waals surface area contributed by atoms with Gasteiger partial charge in [-0.1, -0.05) is 18.2 Å². The number of hydrogen-bond acceptors (Lipinski definition) is 6. The van der Waals surface area contributed by atoms with Gasteiger partial charge in [0.2, 0.25) is 0 Å². The second kappa shape index (κ2) is 7.76. The number of nitrogen functional groups attached to an aromatic ring is 1. The minimum absolute atomic E-state index is 0.0315. The summed E-state index contributed by atoms with van der Waals surface area (Å²) in [6, 6.07) is 14.1. The van der Waals surface area contributed by atoms with Crippen molar-refractivity contribution in [1.29, 1.82) is 0 Å². The Bertz CT molecular complexity index is 1090. The molecule has 0 aliphatic carbocycles. The number of nitrogens with zero attached hydrogens (tertiary/aromatic N) is 3. The number of morpholine rings is 1. The minimum atomic E-state index is -0.0315. The molecule has 3 heterocycles. The molecule has 0 radical (unpaired) electrons. The maximum atomic E-state index is 12.0. The number of nitrogens with one attached hydrogen (secondary N) is 1. The molecule has 7 nitrogen and oxygen atoms in total. The van der Waals surface area contributed by atoms with Crippen molar-refractivity contribution in [3.63, 3.8) is 0 Å². The summed E-state index contributed by atoms with van der Waals surface area (Å²) in [6.45, 7) is 3.98. The Morgan fingerprint density at radius 1 is 1.03 bits per heavy atom. The van der Waals surface area contributed by atoms with Gasteiger partial charge in [0, 0.05) is 42.0 Å². The third kappa shape index (κ3) is 3.48. The van der Waals surface area contributed by atoms with E-state index >= 15 is 0 Å². The first-order chi connectivity index (χ1) is 14.7. The van der Waals surface area contributed by atoms with Crippen molar-refractivity contribution in [2.75, 3.05) is 43.5 Å². The highest BCUT2D eigenvalue weighted by molar-refractivity contribution is 5.97. The molecule has 0 saturated carbocycles. The lowest BCUT2D eigenvalue weighted by molar-refractivity contribution is 0.0946. The molecular formula is C23H23N5O2. The molecule has 0 atom stereocenters. The maximum Gasteiger partial charge on any atom is 0.251 e. The zero-order valence-corrected chi connectivity index (χ0v) is 16.6. The Morgan fingerprint density at radius 3 is 2.60 bits per heavy atom. The number of aromatic nitrogens is 2. The Morgan fingerprint density at radius 2 is 1.80 bits per heavy atom. The molecule has 1 saturated heterocycles. The lowest BCUT2D eigenvalue weighted by Crippen LogP contribution is -2.36. The van der Waals surface area contributed by atoms with Gasteiger partial charge in [0.1, 0.15) is 11.5 Å². The van der Waals surface area contributed by atoms with Crippen molar-refractivity contribution in [2.24, 2.45) is 0 Å². The highest BCUT2D eigenvalue weighted by Crippen LogP contribution is 2.29. The summed E-state index contributed by atoms with van der Waals surface area (Å²) < 4.78 is 5.43. The average Bonchev–Trinajstić information content (AvgIpc) is 2.80. The van der Waals surface area contributed by atoms with Crippen molar-refractivity contribution < 1.29 is 9.53 Å². The average molecular weight is 401 g/mol. The number of fused-ring (bicyclic) bond motifs is 1. The van der Waals surface area contributed by atoms with Crippen molar-refractivity contribution in [3.05, 3.63) is 59.8 Å². The van der Waals surface area contributed by atoms with Crippen LogP contribution in [0.4, 0.5) is 11.5 Å². The number of carbonyl (C=O) groups is 1. The number of amides is 1. The first-order valence-corrected chi connectivity index (χ1v) is 10.2. The van der Waals surface area contributed by atoms with Gasteiger partial charge in [-0.15, -0.1) is 0 Å². The third-order valence-corrected chi connectivity index (χ3v) is 5.64. The number of hydrogen-bond donors (Lipinski definition) is 2. The molecule has 7 heteroatoms. The van der Waals surface area contributed by atoms with Gasteiger partial charge in [0.15, 0.2) is 0 Å². The van der Waals surface area contributed by atoms with E-state index in [1.807, 2.05) is 18.2 Å². The molecule has 0 unspecified atom stereocenters. The predicted molar refractivity (Wildman–Crippen MR) is 116 cm³/mol. The van der Waals surface area contributed by atoms with Crippen molar-refractivity contribution >= 4 is 17.4 Å². The van der Waals surface area contributed by atoms with Crippen molar-refractivity contribution in [3.8, 4) is 22.5 Å². The summed E-state index contributed by atoms with van der Waals surface area (Å²) in [5.74, 6) is 0.347. The molecule has 3 aromatic rings. The number of carbonyl (C=O) groups excluding carboxylic acids is 1. The number of nitrogens with two attached hydrogens (primary N) is 1. The van der Waals surface area contributed by atoms with Crippen LogP contribution >= 0.6 is 0 Å². The highest BCUT2D eigenvalue weighted by Gasteiger charge is 2.18. The van der Waals surface area contributed by atoms with Crippen molar-refractivity contribution in [2.45, 2.75) is 6.42 Å². The van der Waals surface area contributed by atoms with Gasteiger partial charge >= 0.3 is 0 Å². The Balaban J connectivity index is 1.46. The van der Waals surface area contributed by atoms with Gasteiger partial charge in [-0.2, -0.15) is 0 Å². The number of anilines is 2. The van der Waals surface area contributed by atoms with Gasteiger partial charge in [-0.05, 0) is 36.2 Å². The van der Waals surface area contributed by atoms with E-state index in [0.717, 1.165) is 55.1 Å². The maximum absolute atomic E-state index is 12.0. The topological polar surface area (TPSA) is 93.4 Å². The SMILES string of the molecule is Nc1ncc(-c2ccc(N3CCOCC3)cc2)nc1-c1ccc2c(c1)CCNC2=O. The standard InChI is InChI=1S/C23H23N5O2/c24-22-21(17-3-6-19-16(13-17)7-8-25-23(19)29)27-20(14-26-22)15-1-4-18(5-2-15)28-9-11-30-12-10-28/h1-6,13-14H,7-12H2,(H2,24,26)(H,25,29). The van der Waals surface area contributed by atoms with Crippen LogP contribution in [0.5, 0.6) is 0 Å². The fourth-order valence-corrected chi connectivity index (χ4v) is 3.99. The molecule has 1 aromatic heterocycles. The molecule has 2 aliphatic heterocycles. The quantitative estimate of drug-likeness (QED) is 0.701. The fourth-order valence-electron chi connectivity index (χ4n) is 3.99. The molecule has 2 aromatic carbocycles. The lowest BCUT2D eigenvalue weighted by atomic mass is 9.96. The fraction of sp³-hybridized carbons (Fsp3) is 0.261. The van der Waals surface area contributed by atoms with Gasteiger partial charge in [0.05, 0.1) is 25.1 Å². The van der Waals surface area contributed by atoms with E-state index in [9.17, 15) is 4.79 Å². The van der Waals surface area contributed by atoms with Crippen LogP contribution in [0.15, 0.2) is 48.7 Å². The molecule has 0 bridgehead atoms. The molecule has 0 spiro atoms. The third-order valence-electron chi connectivity index (χ3n) is 5.64. The summed E-state index contributed by atoms with van der Waals surface area (Å²) >= 11 is 0. The lowest BCUT2D eigenvalue weighted by Gasteiger charge is -2.28. The van der Waals surface area contributed by atoms with Crippen LogP contribution in [0.3, 0.4) is 0 Å². The summed E-state index contributed by atoms with van der Waals surface area (Å²) in [5.41, 5.74) is 12.3.